The van der Waals surface area contributed by atoms with Crippen LogP contribution in [0.4, 0.5) is 15.8 Å². The number of halogens is 1. The van der Waals surface area contributed by atoms with Gasteiger partial charge in [-0.3, -0.25) is 4.79 Å². The van der Waals surface area contributed by atoms with Gasteiger partial charge in [0.1, 0.15) is 5.69 Å². The van der Waals surface area contributed by atoms with E-state index in [2.05, 4.69) is 15.3 Å². The van der Waals surface area contributed by atoms with Crippen LogP contribution in [0.3, 0.4) is 0 Å². The Kier molecular flexibility index (Phi) is 6.72. The fourth-order valence-electron chi connectivity index (χ4n) is 3.55. The van der Waals surface area contributed by atoms with E-state index in [4.69, 9.17) is 10.1 Å². The van der Waals surface area contributed by atoms with E-state index in [-0.39, 0.29) is 16.8 Å². The molecule has 0 atom stereocenters. The topological polar surface area (TPSA) is 83.2 Å². The molecule has 1 saturated heterocycles. The molecule has 1 aliphatic rings. The van der Waals surface area contributed by atoms with Crippen molar-refractivity contribution in [2.24, 2.45) is 0 Å². The monoisotopic (exact) mass is 433 g/mol. The number of benzene rings is 2. The standard InChI is InChI=1S/C24H24FN5O2/c25-20-17-19(29-12-4-15-32-16-14-29)7-8-22(20)30-13-10-23(31)24(28-30)21(9-11-26)27-18-5-2-1-3-6-18/h1-3,5-11,13,17,26-27H,4,12,14-16H2/b21-9-,26-11?. The highest BCUT2D eigenvalue weighted by molar-refractivity contribution is 5.86. The molecular formula is C24H24FN5O2. The van der Waals surface area contributed by atoms with Crippen molar-refractivity contribution in [3.8, 4) is 5.69 Å². The summed E-state index contributed by atoms with van der Waals surface area (Å²) >= 11 is 0. The van der Waals surface area contributed by atoms with Crippen LogP contribution in [0.5, 0.6) is 0 Å². The van der Waals surface area contributed by atoms with Gasteiger partial charge in [0.05, 0.1) is 12.3 Å². The molecule has 2 aromatic carbocycles. The maximum absolute atomic E-state index is 15.1. The molecule has 2 heterocycles. The molecule has 0 saturated carbocycles. The Hall–Kier alpha value is -3.78. The number of nitrogens with one attached hydrogen (secondary N) is 2. The first-order valence-corrected chi connectivity index (χ1v) is 10.4. The van der Waals surface area contributed by atoms with Crippen LogP contribution in [0.25, 0.3) is 11.4 Å². The number of hydrogen-bond acceptors (Lipinski definition) is 6. The summed E-state index contributed by atoms with van der Waals surface area (Å²) in [6, 6.07) is 15.6. The average Bonchev–Trinajstić information content (AvgIpc) is 3.10. The van der Waals surface area contributed by atoms with Gasteiger partial charge in [-0.15, -0.1) is 0 Å². The Morgan fingerprint density at radius 2 is 1.97 bits per heavy atom. The summed E-state index contributed by atoms with van der Waals surface area (Å²) < 4.78 is 21.9. The largest absolute Gasteiger partial charge is 0.380 e. The molecule has 0 amide bonds. The molecule has 7 nitrogen and oxygen atoms in total. The van der Waals surface area contributed by atoms with Crippen LogP contribution in [-0.2, 0) is 4.74 Å². The normalized spacial score (nSPS) is 14.7. The lowest BCUT2D eigenvalue weighted by molar-refractivity contribution is 0.152. The zero-order valence-corrected chi connectivity index (χ0v) is 17.5. The molecule has 0 radical (unpaired) electrons. The minimum absolute atomic E-state index is 0.0907. The minimum atomic E-state index is -0.441. The molecule has 1 fully saturated rings. The molecule has 0 spiro atoms. The molecule has 0 aliphatic carbocycles. The van der Waals surface area contributed by atoms with E-state index >= 15 is 4.39 Å². The Bertz CT molecular complexity index is 1170. The number of allylic oxidation sites excluding steroid dienone is 1. The summed E-state index contributed by atoms with van der Waals surface area (Å²) in [5.41, 5.74) is 1.87. The Labute approximate surface area is 185 Å². The molecule has 1 aliphatic heterocycles. The van der Waals surface area contributed by atoms with Crippen LogP contribution in [-0.4, -0.2) is 42.3 Å². The van der Waals surface area contributed by atoms with Gasteiger partial charge in [-0.25, -0.2) is 9.07 Å². The van der Waals surface area contributed by atoms with Crippen molar-refractivity contribution in [3.05, 3.63) is 88.6 Å². The van der Waals surface area contributed by atoms with Crippen molar-refractivity contribution in [1.82, 2.24) is 9.78 Å². The predicted octanol–water partition coefficient (Wildman–Crippen LogP) is 3.70. The zero-order chi connectivity index (χ0) is 22.3. The van der Waals surface area contributed by atoms with Crippen molar-refractivity contribution in [2.45, 2.75) is 6.42 Å². The molecule has 2 N–H and O–H groups in total. The summed E-state index contributed by atoms with van der Waals surface area (Å²) in [7, 11) is 0. The fraction of sp³-hybridized carbons (Fsp3) is 0.208. The van der Waals surface area contributed by atoms with E-state index in [1.54, 1.807) is 6.07 Å². The molecule has 1 aromatic heterocycles. The summed E-state index contributed by atoms with van der Waals surface area (Å²) in [6.07, 6.45) is 4.85. The van der Waals surface area contributed by atoms with E-state index in [0.29, 0.717) is 25.5 Å². The van der Waals surface area contributed by atoms with E-state index < -0.39 is 5.82 Å². The maximum atomic E-state index is 15.1. The van der Waals surface area contributed by atoms with Gasteiger partial charge in [-0.05, 0) is 42.8 Å². The number of anilines is 2. The third-order valence-corrected chi connectivity index (χ3v) is 5.13. The number of nitrogens with zero attached hydrogens (tertiary/aromatic N) is 3. The van der Waals surface area contributed by atoms with Crippen LogP contribution in [0.15, 0.2) is 71.7 Å². The van der Waals surface area contributed by atoms with Crippen LogP contribution < -0.4 is 15.6 Å². The minimum Gasteiger partial charge on any atom is -0.380 e. The third-order valence-electron chi connectivity index (χ3n) is 5.13. The molecule has 164 valence electrons. The van der Waals surface area contributed by atoms with Gasteiger partial charge in [0.25, 0.3) is 0 Å². The second-order valence-corrected chi connectivity index (χ2v) is 7.30. The van der Waals surface area contributed by atoms with Gasteiger partial charge >= 0.3 is 0 Å². The smallest absolute Gasteiger partial charge is 0.209 e. The van der Waals surface area contributed by atoms with E-state index in [9.17, 15) is 4.79 Å². The highest BCUT2D eigenvalue weighted by Crippen LogP contribution is 2.22. The summed E-state index contributed by atoms with van der Waals surface area (Å²) in [5.74, 6) is -0.441. The highest BCUT2D eigenvalue weighted by Gasteiger charge is 2.15. The molecule has 4 rings (SSSR count). The lowest BCUT2D eigenvalue weighted by Crippen LogP contribution is -2.26. The Balaban J connectivity index is 1.66. The van der Waals surface area contributed by atoms with E-state index in [1.807, 2.05) is 36.4 Å². The van der Waals surface area contributed by atoms with Gasteiger partial charge in [0.15, 0.2) is 11.5 Å². The summed E-state index contributed by atoms with van der Waals surface area (Å²) in [4.78, 5) is 14.6. The van der Waals surface area contributed by atoms with Gasteiger partial charge in [-0.2, -0.15) is 5.10 Å². The number of ether oxygens (including phenoxy) is 1. The van der Waals surface area contributed by atoms with Crippen LogP contribution in [0.1, 0.15) is 12.1 Å². The Morgan fingerprint density at radius 3 is 2.75 bits per heavy atom. The van der Waals surface area contributed by atoms with Crippen LogP contribution in [0, 0.1) is 11.2 Å². The molecule has 0 unspecified atom stereocenters. The molecule has 32 heavy (non-hydrogen) atoms. The van der Waals surface area contributed by atoms with Gasteiger partial charge in [-0.1, -0.05) is 18.2 Å². The summed E-state index contributed by atoms with van der Waals surface area (Å²) in [5, 5.41) is 14.9. The number of hydrogen-bond donors (Lipinski definition) is 2. The quantitative estimate of drug-likeness (QED) is 0.579. The highest BCUT2D eigenvalue weighted by atomic mass is 19.1. The molecule has 0 bridgehead atoms. The number of rotatable bonds is 6. The van der Waals surface area contributed by atoms with E-state index in [0.717, 1.165) is 30.6 Å². The molecule has 3 aromatic rings. The second kappa shape index (κ2) is 10.0. The van der Waals surface area contributed by atoms with Gasteiger partial charge in [0, 0.05) is 49.5 Å². The summed E-state index contributed by atoms with van der Waals surface area (Å²) in [6.45, 7) is 2.85. The number of para-hydroxylation sites is 1. The van der Waals surface area contributed by atoms with Gasteiger partial charge in [0.2, 0.25) is 5.43 Å². The molecule has 8 heteroatoms. The van der Waals surface area contributed by atoms with Crippen molar-refractivity contribution in [2.75, 3.05) is 36.5 Å². The van der Waals surface area contributed by atoms with Crippen LogP contribution in [0.2, 0.25) is 0 Å². The first-order chi connectivity index (χ1) is 15.7. The molecular weight excluding hydrogens is 409 g/mol. The van der Waals surface area contributed by atoms with Crippen LogP contribution >= 0.6 is 0 Å². The van der Waals surface area contributed by atoms with Crippen molar-refractivity contribution in [1.29, 1.82) is 5.41 Å². The second-order valence-electron chi connectivity index (χ2n) is 7.30. The lowest BCUT2D eigenvalue weighted by Gasteiger charge is -2.22. The first kappa shape index (κ1) is 21.5. The van der Waals surface area contributed by atoms with E-state index in [1.165, 1.54) is 29.1 Å². The predicted molar refractivity (Wildman–Crippen MR) is 124 cm³/mol. The average molecular weight is 433 g/mol. The Morgan fingerprint density at radius 1 is 1.12 bits per heavy atom. The first-order valence-electron chi connectivity index (χ1n) is 10.4. The SMILES string of the molecule is N=C/C=C(\Nc1ccccc1)c1nn(-c2ccc(N3CCCOCC3)cc2F)ccc1=O. The van der Waals surface area contributed by atoms with Crippen molar-refractivity contribution in [3.63, 3.8) is 0 Å². The third kappa shape index (κ3) is 4.92. The number of aromatic nitrogens is 2. The fourth-order valence-corrected chi connectivity index (χ4v) is 3.55. The van der Waals surface area contributed by atoms with Gasteiger partial charge < -0.3 is 20.4 Å². The lowest BCUT2D eigenvalue weighted by atomic mass is 10.2. The van der Waals surface area contributed by atoms with Crippen molar-refractivity contribution >= 4 is 23.3 Å². The maximum Gasteiger partial charge on any atom is 0.209 e. The van der Waals surface area contributed by atoms with Crippen molar-refractivity contribution < 1.29 is 9.13 Å². The zero-order valence-electron chi connectivity index (χ0n) is 17.5.